The molecule has 2 heterocycles. The van der Waals surface area contributed by atoms with Gasteiger partial charge in [0.2, 0.25) is 0 Å². The van der Waals surface area contributed by atoms with Crippen LogP contribution < -0.4 is 10.1 Å². The van der Waals surface area contributed by atoms with Crippen LogP contribution in [0, 0.1) is 5.92 Å². The summed E-state index contributed by atoms with van der Waals surface area (Å²) in [6.07, 6.45) is -8.03. The van der Waals surface area contributed by atoms with Gasteiger partial charge in [-0.3, -0.25) is 4.90 Å². The Morgan fingerprint density at radius 1 is 0.969 bits per heavy atom. The van der Waals surface area contributed by atoms with Gasteiger partial charge in [-0.2, -0.15) is 26.3 Å². The highest BCUT2D eigenvalue weighted by atomic mass is 35.5. The number of anilines is 1. The van der Waals surface area contributed by atoms with E-state index >= 15 is 0 Å². The Hall–Kier alpha value is -2.13. The zero-order chi connectivity index (χ0) is 23.1. The van der Waals surface area contributed by atoms with E-state index in [2.05, 4.69) is 5.32 Å². The van der Waals surface area contributed by atoms with Crippen LogP contribution in [0.1, 0.15) is 29.5 Å². The van der Waals surface area contributed by atoms with Gasteiger partial charge in [0.25, 0.3) is 0 Å². The average Bonchev–Trinajstić information content (AvgIpc) is 2.72. The first-order valence-electron chi connectivity index (χ1n) is 10.2. The maximum Gasteiger partial charge on any atom is 0.416 e. The van der Waals surface area contributed by atoms with E-state index in [4.69, 9.17) is 16.3 Å². The van der Waals surface area contributed by atoms with Crippen LogP contribution in [-0.4, -0.2) is 30.6 Å². The molecule has 1 saturated heterocycles. The third kappa shape index (κ3) is 5.09. The van der Waals surface area contributed by atoms with Gasteiger partial charge >= 0.3 is 12.4 Å². The SMILES string of the molecule is FC(F)(F)c1ccc(C(F)(F)F)c(CN2CCC(C3COc4ccc(Cl)cc4N3)CC2)c1. The Morgan fingerprint density at radius 2 is 1.69 bits per heavy atom. The van der Waals surface area contributed by atoms with Crippen molar-refractivity contribution < 1.29 is 31.1 Å². The summed E-state index contributed by atoms with van der Waals surface area (Å²) in [6, 6.07) is 6.97. The first-order chi connectivity index (χ1) is 15.0. The molecule has 2 aliphatic rings. The minimum absolute atomic E-state index is 0.0300. The maximum atomic E-state index is 13.4. The molecule has 0 aliphatic carbocycles. The summed E-state index contributed by atoms with van der Waals surface area (Å²) >= 11 is 6.04. The Morgan fingerprint density at radius 3 is 2.34 bits per heavy atom. The number of ether oxygens (including phenoxy) is 1. The van der Waals surface area contributed by atoms with Crippen LogP contribution in [0.25, 0.3) is 0 Å². The van der Waals surface area contributed by atoms with Gasteiger partial charge in [-0.25, -0.2) is 0 Å². The highest BCUT2D eigenvalue weighted by Crippen LogP contribution is 2.38. The molecule has 174 valence electrons. The molecule has 10 heteroatoms. The molecule has 0 saturated carbocycles. The van der Waals surface area contributed by atoms with Crippen molar-refractivity contribution in [1.82, 2.24) is 4.90 Å². The number of nitrogens with zero attached hydrogens (tertiary/aromatic N) is 1. The van der Waals surface area contributed by atoms with Gasteiger partial charge in [0.05, 0.1) is 22.9 Å². The maximum absolute atomic E-state index is 13.4. The number of halogens is 7. The zero-order valence-electron chi connectivity index (χ0n) is 16.9. The summed E-state index contributed by atoms with van der Waals surface area (Å²) in [6.45, 7) is 1.25. The Kier molecular flexibility index (Phi) is 6.24. The Balaban J connectivity index is 1.42. The largest absolute Gasteiger partial charge is 0.489 e. The number of benzene rings is 2. The number of hydrogen-bond donors (Lipinski definition) is 1. The second-order valence-electron chi connectivity index (χ2n) is 8.18. The van der Waals surface area contributed by atoms with Crippen molar-refractivity contribution in [3.63, 3.8) is 0 Å². The highest BCUT2D eigenvalue weighted by molar-refractivity contribution is 6.30. The average molecular weight is 479 g/mol. The van der Waals surface area contributed by atoms with E-state index in [1.807, 2.05) is 0 Å². The Bertz CT molecular complexity index is 970. The molecule has 0 amide bonds. The second-order valence-corrected chi connectivity index (χ2v) is 8.62. The lowest BCUT2D eigenvalue weighted by molar-refractivity contribution is -0.142. The molecule has 0 radical (unpaired) electrons. The van der Waals surface area contributed by atoms with Crippen LogP contribution in [0.5, 0.6) is 5.75 Å². The number of fused-ring (bicyclic) bond motifs is 1. The second kappa shape index (κ2) is 8.67. The van der Waals surface area contributed by atoms with E-state index in [1.165, 1.54) is 0 Å². The third-order valence-corrected chi connectivity index (χ3v) is 6.27. The van der Waals surface area contributed by atoms with E-state index in [0.29, 0.717) is 61.5 Å². The fraction of sp³-hybridized carbons (Fsp3) is 0.455. The Labute approximate surface area is 186 Å². The van der Waals surface area contributed by atoms with Crippen LogP contribution >= 0.6 is 11.6 Å². The van der Waals surface area contributed by atoms with Crippen molar-refractivity contribution in [2.45, 2.75) is 37.8 Å². The third-order valence-electron chi connectivity index (χ3n) is 6.03. The van der Waals surface area contributed by atoms with Crippen LogP contribution in [0.2, 0.25) is 5.02 Å². The van der Waals surface area contributed by atoms with Crippen molar-refractivity contribution in [2.75, 3.05) is 25.0 Å². The van der Waals surface area contributed by atoms with Crippen LogP contribution in [-0.2, 0) is 18.9 Å². The van der Waals surface area contributed by atoms with Crippen LogP contribution in [0.15, 0.2) is 36.4 Å². The molecule has 32 heavy (non-hydrogen) atoms. The molecule has 3 nitrogen and oxygen atoms in total. The van der Waals surface area contributed by atoms with E-state index in [9.17, 15) is 26.3 Å². The van der Waals surface area contributed by atoms with Gasteiger partial charge in [-0.1, -0.05) is 11.6 Å². The molecule has 0 bridgehead atoms. The lowest BCUT2D eigenvalue weighted by Gasteiger charge is -2.39. The van der Waals surface area contributed by atoms with Crippen molar-refractivity contribution >= 4 is 17.3 Å². The topological polar surface area (TPSA) is 24.5 Å². The van der Waals surface area contributed by atoms with Crippen molar-refractivity contribution in [1.29, 1.82) is 0 Å². The van der Waals surface area contributed by atoms with Gasteiger partial charge in [-0.15, -0.1) is 0 Å². The minimum Gasteiger partial charge on any atom is -0.489 e. The van der Waals surface area contributed by atoms with Gasteiger partial charge < -0.3 is 10.1 Å². The number of nitrogens with one attached hydrogen (secondary N) is 1. The lowest BCUT2D eigenvalue weighted by Crippen LogP contribution is -2.44. The molecule has 1 atom stereocenters. The van der Waals surface area contributed by atoms with Crippen LogP contribution in [0.4, 0.5) is 32.0 Å². The van der Waals surface area contributed by atoms with Crippen molar-refractivity contribution in [3.05, 3.63) is 58.1 Å². The number of alkyl halides is 6. The first kappa shape index (κ1) is 23.0. The molecule has 0 spiro atoms. The van der Waals surface area contributed by atoms with Gasteiger partial charge in [0.1, 0.15) is 12.4 Å². The van der Waals surface area contributed by atoms with E-state index in [1.54, 1.807) is 23.1 Å². The van der Waals surface area contributed by atoms with Gasteiger partial charge in [-0.05, 0) is 73.8 Å². The first-order valence-corrected chi connectivity index (χ1v) is 10.6. The molecule has 2 aliphatic heterocycles. The predicted molar refractivity (Wildman–Crippen MR) is 109 cm³/mol. The van der Waals surface area contributed by atoms with Crippen molar-refractivity contribution in [2.24, 2.45) is 5.92 Å². The molecule has 1 N–H and O–H groups in total. The summed E-state index contributed by atoms with van der Waals surface area (Å²) in [7, 11) is 0. The summed E-state index contributed by atoms with van der Waals surface area (Å²) in [4.78, 5) is 1.77. The predicted octanol–water partition coefficient (Wildman–Crippen LogP) is 6.46. The normalized spacial score (nSPS) is 20.4. The molecular weight excluding hydrogens is 458 g/mol. The zero-order valence-corrected chi connectivity index (χ0v) is 17.6. The van der Waals surface area contributed by atoms with Gasteiger partial charge in [0, 0.05) is 11.6 Å². The standard InChI is InChI=1S/C22H21ClF6N2O/c23-16-2-4-20-18(10-16)30-19(12-32-20)13-5-7-31(8-6-13)11-14-9-15(21(24,25)26)1-3-17(14)22(27,28)29/h1-4,9-10,13,19,30H,5-8,11-12H2. The van der Waals surface area contributed by atoms with E-state index < -0.39 is 23.5 Å². The molecule has 1 fully saturated rings. The van der Waals surface area contributed by atoms with Crippen LogP contribution in [0.3, 0.4) is 0 Å². The fourth-order valence-corrected chi connectivity index (χ4v) is 4.52. The van der Waals surface area contributed by atoms with Crippen molar-refractivity contribution in [3.8, 4) is 5.75 Å². The minimum atomic E-state index is -4.71. The number of likely N-dealkylation sites (tertiary alicyclic amines) is 1. The molecular formula is C22H21ClF6N2O. The lowest BCUT2D eigenvalue weighted by atomic mass is 9.88. The molecule has 2 aromatic rings. The molecule has 1 unspecified atom stereocenters. The van der Waals surface area contributed by atoms with E-state index in [-0.39, 0.29) is 24.1 Å². The summed E-state index contributed by atoms with van der Waals surface area (Å²) in [5, 5.41) is 4.00. The summed E-state index contributed by atoms with van der Waals surface area (Å²) < 4.78 is 85.0. The smallest absolute Gasteiger partial charge is 0.416 e. The summed E-state index contributed by atoms with van der Waals surface area (Å²) in [5.41, 5.74) is -1.65. The monoisotopic (exact) mass is 478 g/mol. The van der Waals surface area contributed by atoms with E-state index in [0.717, 1.165) is 5.69 Å². The number of hydrogen-bond acceptors (Lipinski definition) is 3. The van der Waals surface area contributed by atoms with Gasteiger partial charge in [0.15, 0.2) is 0 Å². The quantitative estimate of drug-likeness (QED) is 0.512. The fourth-order valence-electron chi connectivity index (χ4n) is 4.35. The molecule has 2 aromatic carbocycles. The summed E-state index contributed by atoms with van der Waals surface area (Å²) in [5.74, 6) is 0.939. The number of rotatable bonds is 3. The number of piperidine rings is 1. The highest BCUT2D eigenvalue weighted by Gasteiger charge is 2.38. The molecule has 0 aromatic heterocycles. The molecule has 4 rings (SSSR count).